The van der Waals surface area contributed by atoms with Crippen LogP contribution < -0.4 is 0 Å². The molecule has 1 saturated heterocycles. The third kappa shape index (κ3) is 2.27. The summed E-state index contributed by atoms with van der Waals surface area (Å²) in [7, 11) is 1.11. The quantitative estimate of drug-likeness (QED) is 0.376. The highest BCUT2D eigenvalue weighted by atomic mass is 16.6. The molecule has 0 aliphatic carbocycles. The minimum Gasteiger partial charge on any atom is -0.467 e. The van der Waals surface area contributed by atoms with Crippen molar-refractivity contribution < 1.29 is 34.7 Å². The minimum atomic E-state index is -1.47. The van der Waals surface area contributed by atoms with Crippen molar-refractivity contribution in [2.45, 2.75) is 30.5 Å². The Morgan fingerprint density at radius 2 is 2.07 bits per heavy atom. The number of methoxy groups -OCH3 is 1. The van der Waals surface area contributed by atoms with Crippen molar-refractivity contribution in [1.29, 1.82) is 0 Å². The van der Waals surface area contributed by atoms with Crippen LogP contribution in [0.2, 0.25) is 0 Å². The molecule has 7 nitrogen and oxygen atoms in total. The van der Waals surface area contributed by atoms with E-state index in [0.717, 1.165) is 7.11 Å². The fourth-order valence-electron chi connectivity index (χ4n) is 1.44. The highest BCUT2D eigenvalue weighted by Crippen LogP contribution is 2.24. The van der Waals surface area contributed by atoms with Gasteiger partial charge < -0.3 is 29.9 Å². The van der Waals surface area contributed by atoms with Crippen LogP contribution in [0.1, 0.15) is 0 Å². The summed E-state index contributed by atoms with van der Waals surface area (Å²) < 4.78 is 9.24. The Morgan fingerprint density at radius 3 is 2.53 bits per heavy atom. The highest BCUT2D eigenvalue weighted by molar-refractivity contribution is 5.75. The number of ether oxygens (including phenoxy) is 2. The Bertz CT molecular complexity index is 231. The van der Waals surface area contributed by atoms with E-state index in [2.05, 4.69) is 4.74 Å². The van der Waals surface area contributed by atoms with Gasteiger partial charge >= 0.3 is 5.97 Å². The average molecular weight is 222 g/mol. The Hall–Kier alpha value is -0.730. The number of carbonyl (C=O) groups is 1. The maximum atomic E-state index is 11.1. The molecule has 0 bridgehead atoms. The minimum absolute atomic E-state index is 0.637. The molecule has 88 valence electrons. The molecule has 0 amide bonds. The number of rotatable bonds is 3. The van der Waals surface area contributed by atoms with E-state index in [1.807, 2.05) is 0 Å². The van der Waals surface area contributed by atoms with Crippen LogP contribution in [0.3, 0.4) is 0 Å². The van der Waals surface area contributed by atoms with Crippen LogP contribution in [-0.4, -0.2) is 70.6 Å². The first-order valence-corrected chi connectivity index (χ1v) is 4.41. The molecule has 1 fully saturated rings. The van der Waals surface area contributed by atoms with Gasteiger partial charge in [0.05, 0.1) is 13.7 Å². The van der Waals surface area contributed by atoms with E-state index < -0.39 is 43.1 Å². The lowest BCUT2D eigenvalue weighted by molar-refractivity contribution is -0.160. The van der Waals surface area contributed by atoms with Crippen LogP contribution in [0.4, 0.5) is 0 Å². The van der Waals surface area contributed by atoms with Gasteiger partial charge in [-0.05, 0) is 0 Å². The molecule has 1 aliphatic rings. The predicted octanol–water partition coefficient (Wildman–Crippen LogP) is -3.00. The number of hydrogen-bond donors (Lipinski definition) is 4. The van der Waals surface area contributed by atoms with Gasteiger partial charge in [-0.2, -0.15) is 0 Å². The summed E-state index contributed by atoms with van der Waals surface area (Å²) in [5.74, 6) is -0.839. The van der Waals surface area contributed by atoms with Crippen molar-refractivity contribution in [2.75, 3.05) is 13.7 Å². The fourth-order valence-corrected chi connectivity index (χ4v) is 1.44. The van der Waals surface area contributed by atoms with E-state index in [4.69, 9.17) is 9.84 Å². The lowest BCUT2D eigenvalue weighted by atomic mass is 10.0. The van der Waals surface area contributed by atoms with E-state index >= 15 is 0 Å². The SMILES string of the molecule is COC(=O)[C@H]1O[C@H]([C@H](O)CO)[C@H](O)[C@H]1O. The van der Waals surface area contributed by atoms with Gasteiger partial charge in [0.25, 0.3) is 0 Å². The monoisotopic (exact) mass is 222 g/mol. The van der Waals surface area contributed by atoms with Gasteiger partial charge in [-0.15, -0.1) is 0 Å². The molecular formula is C8H14O7. The molecule has 4 N–H and O–H groups in total. The lowest BCUT2D eigenvalue weighted by Crippen LogP contribution is -2.40. The van der Waals surface area contributed by atoms with Gasteiger partial charge in [-0.25, -0.2) is 4.79 Å². The zero-order valence-corrected chi connectivity index (χ0v) is 8.11. The number of carbonyl (C=O) groups excluding carboxylic acids is 1. The Balaban J connectivity index is 2.71. The van der Waals surface area contributed by atoms with E-state index in [1.165, 1.54) is 0 Å². The zero-order valence-electron chi connectivity index (χ0n) is 8.11. The van der Waals surface area contributed by atoms with Crippen molar-refractivity contribution in [3.63, 3.8) is 0 Å². The molecule has 1 heterocycles. The first kappa shape index (κ1) is 12.3. The molecule has 0 radical (unpaired) electrons. The molecule has 15 heavy (non-hydrogen) atoms. The molecule has 1 rings (SSSR count). The number of hydrogen-bond acceptors (Lipinski definition) is 7. The third-order valence-corrected chi connectivity index (χ3v) is 2.30. The molecule has 7 heteroatoms. The average Bonchev–Trinajstić information content (AvgIpc) is 2.54. The second kappa shape index (κ2) is 4.86. The van der Waals surface area contributed by atoms with Gasteiger partial charge in [0, 0.05) is 0 Å². The van der Waals surface area contributed by atoms with Gasteiger partial charge in [0.2, 0.25) is 0 Å². The smallest absolute Gasteiger partial charge is 0.337 e. The Labute approximate surface area is 85.9 Å². The molecule has 0 saturated carbocycles. The third-order valence-electron chi connectivity index (χ3n) is 2.30. The fraction of sp³-hybridized carbons (Fsp3) is 0.875. The molecule has 0 aromatic carbocycles. The van der Waals surface area contributed by atoms with Crippen molar-refractivity contribution >= 4 is 5.97 Å². The second-order valence-corrected chi connectivity index (χ2v) is 3.28. The van der Waals surface area contributed by atoms with E-state index in [-0.39, 0.29) is 0 Å². The Kier molecular flexibility index (Phi) is 4.00. The molecule has 5 atom stereocenters. The Morgan fingerprint density at radius 1 is 1.47 bits per heavy atom. The van der Waals surface area contributed by atoms with Crippen LogP contribution in [0.15, 0.2) is 0 Å². The van der Waals surface area contributed by atoms with Crippen LogP contribution >= 0.6 is 0 Å². The van der Waals surface area contributed by atoms with Crippen molar-refractivity contribution in [3.05, 3.63) is 0 Å². The van der Waals surface area contributed by atoms with Gasteiger partial charge in [0.1, 0.15) is 24.4 Å². The summed E-state index contributed by atoms with van der Waals surface area (Å²) >= 11 is 0. The molecular weight excluding hydrogens is 208 g/mol. The number of esters is 1. The topological polar surface area (TPSA) is 116 Å². The van der Waals surface area contributed by atoms with Crippen LogP contribution in [0, 0.1) is 0 Å². The lowest BCUT2D eigenvalue weighted by Gasteiger charge is -2.18. The van der Waals surface area contributed by atoms with Gasteiger partial charge in [-0.3, -0.25) is 0 Å². The summed E-state index contributed by atoms with van der Waals surface area (Å²) in [6, 6.07) is 0. The van der Waals surface area contributed by atoms with Crippen molar-refractivity contribution in [3.8, 4) is 0 Å². The van der Waals surface area contributed by atoms with Crippen LogP contribution in [0.25, 0.3) is 0 Å². The maximum absolute atomic E-state index is 11.1. The summed E-state index contributed by atoms with van der Waals surface area (Å²) in [6.45, 7) is -0.637. The normalized spacial score (nSPS) is 37.7. The molecule has 1 aliphatic heterocycles. The van der Waals surface area contributed by atoms with Crippen molar-refractivity contribution in [1.82, 2.24) is 0 Å². The first-order chi connectivity index (χ1) is 7.02. The zero-order chi connectivity index (χ0) is 11.6. The second-order valence-electron chi connectivity index (χ2n) is 3.28. The maximum Gasteiger partial charge on any atom is 0.337 e. The molecule has 0 spiro atoms. The standard InChI is InChI=1S/C8H14O7/c1-14-8(13)7-5(12)4(11)6(15-7)3(10)2-9/h3-7,9-12H,2H2,1H3/t3-,4-,5-,6-,7+/m1/s1. The summed E-state index contributed by atoms with van der Waals surface area (Å²) in [6.07, 6.45) is -6.80. The van der Waals surface area contributed by atoms with Gasteiger partial charge in [0.15, 0.2) is 6.10 Å². The van der Waals surface area contributed by atoms with Crippen LogP contribution in [0.5, 0.6) is 0 Å². The van der Waals surface area contributed by atoms with Crippen molar-refractivity contribution in [2.24, 2.45) is 0 Å². The number of aliphatic hydroxyl groups is 4. The molecule has 0 aromatic rings. The molecule has 0 unspecified atom stereocenters. The summed E-state index contributed by atoms with van der Waals surface area (Å²) in [4.78, 5) is 11.1. The van der Waals surface area contributed by atoms with Gasteiger partial charge in [-0.1, -0.05) is 0 Å². The molecule has 0 aromatic heterocycles. The van der Waals surface area contributed by atoms with E-state index in [9.17, 15) is 20.1 Å². The largest absolute Gasteiger partial charge is 0.467 e. The van der Waals surface area contributed by atoms with E-state index in [0.29, 0.717) is 0 Å². The summed E-state index contributed by atoms with van der Waals surface area (Å²) in [5.41, 5.74) is 0. The van der Waals surface area contributed by atoms with Crippen LogP contribution in [-0.2, 0) is 14.3 Å². The van der Waals surface area contributed by atoms with E-state index in [1.54, 1.807) is 0 Å². The number of aliphatic hydroxyl groups excluding tert-OH is 4. The summed E-state index contributed by atoms with van der Waals surface area (Å²) in [5, 5.41) is 36.7. The predicted molar refractivity (Wildman–Crippen MR) is 45.8 cm³/mol. The highest BCUT2D eigenvalue weighted by Gasteiger charge is 2.49. The first-order valence-electron chi connectivity index (χ1n) is 4.41.